The number of benzene rings is 1. The Morgan fingerprint density at radius 1 is 1.47 bits per heavy atom. The number of rotatable bonds is 6. The van der Waals surface area contributed by atoms with Crippen LogP contribution in [0.1, 0.15) is 20.3 Å². The smallest absolute Gasteiger partial charge is 0.124 e. The molecule has 0 aromatic heterocycles. The number of hydrogen-bond donors (Lipinski definition) is 1. The normalized spacial score (nSPS) is 12.7. The Bertz CT molecular complexity index is 291. The molecule has 1 unspecified atom stereocenters. The van der Waals surface area contributed by atoms with E-state index in [0.29, 0.717) is 6.04 Å². The first-order valence-corrected chi connectivity index (χ1v) is 6.32. The van der Waals surface area contributed by atoms with Crippen LogP contribution >= 0.6 is 11.8 Å². The van der Waals surface area contributed by atoms with Crippen LogP contribution in [-0.4, -0.2) is 18.3 Å². The predicted octanol–water partition coefficient (Wildman–Crippen LogP) is 3.31. The van der Waals surface area contributed by atoms with Gasteiger partial charge in [-0.15, -0.1) is 11.8 Å². The summed E-state index contributed by atoms with van der Waals surface area (Å²) < 4.78 is 12.8. The molecule has 1 N–H and O–H groups in total. The Morgan fingerprint density at radius 2 is 2.27 bits per heavy atom. The quantitative estimate of drug-likeness (QED) is 0.748. The van der Waals surface area contributed by atoms with Gasteiger partial charge in [-0.05, 0) is 43.8 Å². The van der Waals surface area contributed by atoms with Crippen molar-refractivity contribution < 1.29 is 4.39 Å². The van der Waals surface area contributed by atoms with E-state index in [-0.39, 0.29) is 5.82 Å². The van der Waals surface area contributed by atoms with E-state index in [1.54, 1.807) is 23.9 Å². The molecular formula is C12H18FNS. The Morgan fingerprint density at radius 3 is 2.93 bits per heavy atom. The third kappa shape index (κ3) is 5.19. The molecule has 1 aromatic rings. The summed E-state index contributed by atoms with van der Waals surface area (Å²) in [7, 11) is 0. The van der Waals surface area contributed by atoms with E-state index < -0.39 is 0 Å². The van der Waals surface area contributed by atoms with Gasteiger partial charge in [-0.3, -0.25) is 0 Å². The summed E-state index contributed by atoms with van der Waals surface area (Å²) in [5.41, 5.74) is 0. The van der Waals surface area contributed by atoms with Gasteiger partial charge in [0.1, 0.15) is 5.82 Å². The highest BCUT2D eigenvalue weighted by atomic mass is 32.2. The molecule has 15 heavy (non-hydrogen) atoms. The van der Waals surface area contributed by atoms with Gasteiger partial charge in [0.25, 0.3) is 0 Å². The van der Waals surface area contributed by atoms with Gasteiger partial charge in [0.15, 0.2) is 0 Å². The van der Waals surface area contributed by atoms with Crippen molar-refractivity contribution in [1.82, 2.24) is 5.32 Å². The number of hydrogen-bond acceptors (Lipinski definition) is 2. The van der Waals surface area contributed by atoms with E-state index in [1.807, 2.05) is 6.07 Å². The molecule has 1 atom stereocenters. The average Bonchev–Trinajstić information content (AvgIpc) is 2.18. The van der Waals surface area contributed by atoms with Crippen LogP contribution in [0.4, 0.5) is 4.39 Å². The molecule has 0 bridgehead atoms. The minimum absolute atomic E-state index is 0.153. The average molecular weight is 227 g/mol. The first-order chi connectivity index (χ1) is 7.22. The van der Waals surface area contributed by atoms with Crippen LogP contribution in [0.25, 0.3) is 0 Å². The molecular weight excluding hydrogens is 209 g/mol. The SMILES string of the molecule is CCNC(C)CCSc1cccc(F)c1. The van der Waals surface area contributed by atoms with E-state index in [0.717, 1.165) is 23.6 Å². The highest BCUT2D eigenvalue weighted by Crippen LogP contribution is 2.19. The van der Waals surface area contributed by atoms with Crippen LogP contribution in [0.15, 0.2) is 29.2 Å². The maximum Gasteiger partial charge on any atom is 0.124 e. The lowest BCUT2D eigenvalue weighted by Crippen LogP contribution is -2.25. The largest absolute Gasteiger partial charge is 0.315 e. The molecule has 1 aromatic carbocycles. The molecule has 0 aliphatic carbocycles. The summed E-state index contributed by atoms with van der Waals surface area (Å²) >= 11 is 1.71. The van der Waals surface area contributed by atoms with E-state index in [1.165, 1.54) is 6.07 Å². The maximum atomic E-state index is 12.8. The van der Waals surface area contributed by atoms with Crippen molar-refractivity contribution in [2.45, 2.75) is 31.2 Å². The van der Waals surface area contributed by atoms with Gasteiger partial charge >= 0.3 is 0 Å². The Balaban J connectivity index is 2.25. The predicted molar refractivity (Wildman–Crippen MR) is 64.9 cm³/mol. The Hall–Kier alpha value is -0.540. The zero-order chi connectivity index (χ0) is 11.1. The van der Waals surface area contributed by atoms with Gasteiger partial charge in [-0.2, -0.15) is 0 Å². The molecule has 0 radical (unpaired) electrons. The standard InChI is InChI=1S/C12H18FNS/c1-3-14-10(2)7-8-15-12-6-4-5-11(13)9-12/h4-6,9-10,14H,3,7-8H2,1-2H3. The third-order valence-corrected chi connectivity index (χ3v) is 3.20. The van der Waals surface area contributed by atoms with Crippen LogP contribution in [0.3, 0.4) is 0 Å². The molecule has 3 heteroatoms. The molecule has 0 heterocycles. The summed E-state index contributed by atoms with van der Waals surface area (Å²) in [4.78, 5) is 1.01. The molecule has 0 fully saturated rings. The molecule has 1 rings (SSSR count). The third-order valence-electron chi connectivity index (χ3n) is 2.17. The molecule has 0 saturated heterocycles. The fourth-order valence-corrected chi connectivity index (χ4v) is 2.44. The Kier molecular flexibility index (Phi) is 5.73. The minimum atomic E-state index is -0.153. The summed E-state index contributed by atoms with van der Waals surface area (Å²) in [6.07, 6.45) is 1.11. The van der Waals surface area contributed by atoms with Crippen molar-refractivity contribution >= 4 is 11.8 Å². The topological polar surface area (TPSA) is 12.0 Å². The molecule has 0 aliphatic heterocycles. The van der Waals surface area contributed by atoms with Gasteiger partial charge in [0.05, 0.1) is 0 Å². The lowest BCUT2D eigenvalue weighted by Gasteiger charge is -2.11. The van der Waals surface area contributed by atoms with E-state index in [2.05, 4.69) is 19.2 Å². The van der Waals surface area contributed by atoms with E-state index >= 15 is 0 Å². The van der Waals surface area contributed by atoms with Crippen molar-refractivity contribution in [3.63, 3.8) is 0 Å². The summed E-state index contributed by atoms with van der Waals surface area (Å²) in [6.45, 7) is 5.29. The highest BCUT2D eigenvalue weighted by molar-refractivity contribution is 7.99. The van der Waals surface area contributed by atoms with Crippen molar-refractivity contribution in [3.8, 4) is 0 Å². The van der Waals surface area contributed by atoms with Crippen molar-refractivity contribution in [1.29, 1.82) is 0 Å². The zero-order valence-corrected chi connectivity index (χ0v) is 10.1. The van der Waals surface area contributed by atoms with Crippen LogP contribution in [0, 0.1) is 5.82 Å². The van der Waals surface area contributed by atoms with Gasteiger partial charge < -0.3 is 5.32 Å². The first kappa shape index (κ1) is 12.5. The highest BCUT2D eigenvalue weighted by Gasteiger charge is 2.00. The number of nitrogens with one attached hydrogen (secondary N) is 1. The van der Waals surface area contributed by atoms with Gasteiger partial charge in [-0.1, -0.05) is 13.0 Å². The van der Waals surface area contributed by atoms with Crippen LogP contribution < -0.4 is 5.32 Å². The number of thioether (sulfide) groups is 1. The second-order valence-electron chi connectivity index (χ2n) is 3.55. The summed E-state index contributed by atoms with van der Waals surface area (Å²) in [6, 6.07) is 7.31. The number of halogens is 1. The van der Waals surface area contributed by atoms with Crippen LogP contribution in [0.2, 0.25) is 0 Å². The van der Waals surface area contributed by atoms with E-state index in [4.69, 9.17) is 0 Å². The van der Waals surface area contributed by atoms with Gasteiger partial charge in [0.2, 0.25) is 0 Å². The molecule has 1 nitrogen and oxygen atoms in total. The van der Waals surface area contributed by atoms with Crippen LogP contribution in [0.5, 0.6) is 0 Å². The van der Waals surface area contributed by atoms with Gasteiger partial charge in [0, 0.05) is 10.9 Å². The van der Waals surface area contributed by atoms with Gasteiger partial charge in [-0.25, -0.2) is 4.39 Å². The summed E-state index contributed by atoms with van der Waals surface area (Å²) in [5.74, 6) is 0.872. The van der Waals surface area contributed by atoms with Crippen molar-refractivity contribution in [3.05, 3.63) is 30.1 Å². The molecule has 0 spiro atoms. The Labute approximate surface area is 95.5 Å². The summed E-state index contributed by atoms with van der Waals surface area (Å²) in [5, 5.41) is 3.36. The second-order valence-corrected chi connectivity index (χ2v) is 4.72. The molecule has 0 amide bonds. The molecule has 84 valence electrons. The lowest BCUT2D eigenvalue weighted by molar-refractivity contribution is 0.556. The molecule has 0 aliphatic rings. The zero-order valence-electron chi connectivity index (χ0n) is 9.29. The molecule has 0 saturated carbocycles. The maximum absolute atomic E-state index is 12.8. The van der Waals surface area contributed by atoms with Crippen molar-refractivity contribution in [2.24, 2.45) is 0 Å². The fourth-order valence-electron chi connectivity index (χ4n) is 1.36. The second kappa shape index (κ2) is 6.85. The van der Waals surface area contributed by atoms with Crippen LogP contribution in [-0.2, 0) is 0 Å². The van der Waals surface area contributed by atoms with Crippen molar-refractivity contribution in [2.75, 3.05) is 12.3 Å². The fraction of sp³-hybridized carbons (Fsp3) is 0.500. The minimum Gasteiger partial charge on any atom is -0.315 e. The van der Waals surface area contributed by atoms with E-state index in [9.17, 15) is 4.39 Å². The monoisotopic (exact) mass is 227 g/mol. The first-order valence-electron chi connectivity index (χ1n) is 5.34. The lowest BCUT2D eigenvalue weighted by atomic mass is 10.3.